The smallest absolute Gasteiger partial charge is 0.387 e. The molecule has 33 heavy (non-hydrogen) atoms. The Morgan fingerprint density at radius 3 is 2.45 bits per heavy atom. The van der Waals surface area contributed by atoms with Crippen LogP contribution >= 0.6 is 0 Å². The van der Waals surface area contributed by atoms with Gasteiger partial charge in [0.2, 0.25) is 0 Å². The van der Waals surface area contributed by atoms with Crippen LogP contribution in [0.2, 0.25) is 0 Å². The summed E-state index contributed by atoms with van der Waals surface area (Å²) in [6.45, 7) is -2.70. The van der Waals surface area contributed by atoms with Gasteiger partial charge in [-0.1, -0.05) is 6.07 Å². The number of anilines is 2. The molecule has 0 unspecified atom stereocenters. The van der Waals surface area contributed by atoms with Gasteiger partial charge in [0, 0.05) is 18.5 Å². The lowest BCUT2D eigenvalue weighted by atomic mass is 10.1. The van der Waals surface area contributed by atoms with Crippen molar-refractivity contribution in [1.29, 1.82) is 0 Å². The highest BCUT2D eigenvalue weighted by Crippen LogP contribution is 2.38. The van der Waals surface area contributed by atoms with E-state index in [1.54, 1.807) is 18.2 Å². The van der Waals surface area contributed by atoms with Gasteiger partial charge in [0.15, 0.2) is 11.5 Å². The molecule has 1 aliphatic rings. The highest BCUT2D eigenvalue weighted by molar-refractivity contribution is 6.11. The Labute approximate surface area is 188 Å². The molecule has 2 aromatic carbocycles. The summed E-state index contributed by atoms with van der Waals surface area (Å²) in [4.78, 5) is 30.2. The summed E-state index contributed by atoms with van der Waals surface area (Å²) in [5, 5.41) is 9.39. The topological polar surface area (TPSA) is 89.0 Å². The molecule has 9 heteroatoms. The number of hydrogen-bond donors (Lipinski definition) is 1. The van der Waals surface area contributed by atoms with Crippen LogP contribution in [0.4, 0.5) is 20.2 Å². The molecule has 0 atom stereocenters. The minimum absolute atomic E-state index is 0.0145. The van der Waals surface area contributed by atoms with Crippen LogP contribution in [0.5, 0.6) is 11.5 Å². The number of carbonyl (C=O) groups is 2. The maximum Gasteiger partial charge on any atom is 0.387 e. The first-order valence-corrected chi connectivity index (χ1v) is 10.2. The molecule has 4 rings (SSSR count). The number of carbonyl (C=O) groups excluding carboxylic acids is 1. The first-order valence-electron chi connectivity index (χ1n) is 10.2. The highest BCUT2D eigenvalue weighted by atomic mass is 19.3. The number of carboxylic acids is 1. The summed E-state index contributed by atoms with van der Waals surface area (Å²) in [6.07, 6.45) is 4.90. The molecule has 0 aliphatic heterocycles. The summed E-state index contributed by atoms with van der Waals surface area (Å²) in [6, 6.07) is 13.2. The van der Waals surface area contributed by atoms with E-state index in [0.29, 0.717) is 18.2 Å². The van der Waals surface area contributed by atoms with E-state index >= 15 is 0 Å². The van der Waals surface area contributed by atoms with E-state index in [9.17, 15) is 23.5 Å². The largest absolute Gasteiger partial charge is 0.489 e. The van der Waals surface area contributed by atoms with Crippen molar-refractivity contribution in [3.63, 3.8) is 0 Å². The number of pyridine rings is 1. The molecule has 170 valence electrons. The maximum atomic E-state index is 13.4. The minimum Gasteiger partial charge on any atom is -0.489 e. The van der Waals surface area contributed by atoms with Crippen molar-refractivity contribution in [1.82, 2.24) is 4.98 Å². The average molecular weight is 454 g/mol. The zero-order valence-electron chi connectivity index (χ0n) is 17.4. The van der Waals surface area contributed by atoms with Gasteiger partial charge in [-0.15, -0.1) is 0 Å². The standard InChI is InChI=1S/C24H20F2N2O5/c25-24(26)33-20-9-8-19(12-21(20)32-14-15-6-7-15)28(22(29)17-4-2-10-27-13-17)18-5-1-3-16(11-18)23(30)31/h1-5,8-13,15,24H,6-7,14H2,(H,30,31). The number of nitrogens with zero attached hydrogens (tertiary/aromatic N) is 2. The monoisotopic (exact) mass is 454 g/mol. The van der Waals surface area contributed by atoms with Crippen molar-refractivity contribution in [3.05, 3.63) is 78.1 Å². The fourth-order valence-corrected chi connectivity index (χ4v) is 3.21. The molecule has 1 fully saturated rings. The van der Waals surface area contributed by atoms with Gasteiger partial charge in [-0.05, 0) is 61.2 Å². The van der Waals surface area contributed by atoms with Gasteiger partial charge in [0.05, 0.1) is 29.1 Å². The Morgan fingerprint density at radius 1 is 1.03 bits per heavy atom. The second kappa shape index (κ2) is 9.64. The molecule has 1 saturated carbocycles. The molecule has 0 radical (unpaired) electrons. The third kappa shape index (κ3) is 5.43. The number of halogens is 2. The summed E-state index contributed by atoms with van der Waals surface area (Å²) >= 11 is 0. The Bertz CT molecular complexity index is 1150. The van der Waals surface area contributed by atoms with Crippen LogP contribution in [0, 0.1) is 5.92 Å². The summed E-state index contributed by atoms with van der Waals surface area (Å²) in [5.74, 6) is -1.37. The summed E-state index contributed by atoms with van der Waals surface area (Å²) in [5.41, 5.74) is 0.809. The average Bonchev–Trinajstić information content (AvgIpc) is 3.64. The molecule has 1 aromatic heterocycles. The van der Waals surface area contributed by atoms with Crippen LogP contribution in [0.25, 0.3) is 0 Å². The van der Waals surface area contributed by atoms with Crippen LogP contribution in [0.1, 0.15) is 33.6 Å². The van der Waals surface area contributed by atoms with Crippen molar-refractivity contribution >= 4 is 23.3 Å². The summed E-state index contributed by atoms with van der Waals surface area (Å²) < 4.78 is 36.1. The quantitative estimate of drug-likeness (QED) is 0.481. The number of amides is 1. The zero-order valence-corrected chi connectivity index (χ0v) is 17.4. The van der Waals surface area contributed by atoms with Gasteiger partial charge in [-0.2, -0.15) is 8.78 Å². The van der Waals surface area contributed by atoms with E-state index in [0.717, 1.165) is 12.8 Å². The summed E-state index contributed by atoms with van der Waals surface area (Å²) in [7, 11) is 0. The number of carboxylic acid groups (broad SMARTS) is 1. The van der Waals surface area contributed by atoms with Crippen LogP contribution in [0.3, 0.4) is 0 Å². The Hall–Kier alpha value is -4.01. The predicted octanol–water partition coefficient (Wildman–Crippen LogP) is 5.15. The van der Waals surface area contributed by atoms with Crippen molar-refractivity contribution in [2.75, 3.05) is 11.5 Å². The van der Waals surface area contributed by atoms with E-state index < -0.39 is 18.5 Å². The van der Waals surface area contributed by atoms with Gasteiger partial charge < -0.3 is 14.6 Å². The third-order valence-electron chi connectivity index (χ3n) is 5.04. The SMILES string of the molecule is O=C(O)c1cccc(N(C(=O)c2cccnc2)c2ccc(OC(F)F)c(OCC3CC3)c2)c1. The number of hydrogen-bond acceptors (Lipinski definition) is 5. The molecule has 0 spiro atoms. The van der Waals surface area contributed by atoms with Crippen LogP contribution in [0.15, 0.2) is 67.0 Å². The number of aromatic nitrogens is 1. The van der Waals surface area contributed by atoms with Crippen LogP contribution in [-0.2, 0) is 0 Å². The van der Waals surface area contributed by atoms with E-state index in [4.69, 9.17) is 4.74 Å². The Balaban J connectivity index is 1.78. The molecule has 1 heterocycles. The molecule has 7 nitrogen and oxygen atoms in total. The van der Waals surface area contributed by atoms with E-state index in [1.807, 2.05) is 0 Å². The zero-order chi connectivity index (χ0) is 23.4. The fraction of sp³-hybridized carbons (Fsp3) is 0.208. The van der Waals surface area contributed by atoms with Gasteiger partial charge in [0.1, 0.15) is 0 Å². The normalized spacial score (nSPS) is 12.9. The second-order valence-electron chi connectivity index (χ2n) is 7.50. The molecular weight excluding hydrogens is 434 g/mol. The molecular formula is C24H20F2N2O5. The first-order chi connectivity index (χ1) is 15.9. The number of alkyl halides is 2. The predicted molar refractivity (Wildman–Crippen MR) is 115 cm³/mol. The molecule has 3 aromatic rings. The minimum atomic E-state index is -3.04. The number of ether oxygens (including phenoxy) is 2. The molecule has 0 saturated heterocycles. The van der Waals surface area contributed by atoms with Gasteiger partial charge in [0.25, 0.3) is 5.91 Å². The third-order valence-corrected chi connectivity index (χ3v) is 5.04. The molecule has 1 N–H and O–H groups in total. The fourth-order valence-electron chi connectivity index (χ4n) is 3.21. The van der Waals surface area contributed by atoms with Crippen molar-refractivity contribution in [2.45, 2.75) is 19.5 Å². The number of benzene rings is 2. The first kappa shape index (κ1) is 22.2. The lowest BCUT2D eigenvalue weighted by Crippen LogP contribution is -2.26. The second-order valence-corrected chi connectivity index (χ2v) is 7.50. The van der Waals surface area contributed by atoms with Crippen molar-refractivity contribution in [3.8, 4) is 11.5 Å². The van der Waals surface area contributed by atoms with Gasteiger partial charge in [-0.3, -0.25) is 14.7 Å². The molecule has 1 aliphatic carbocycles. The maximum absolute atomic E-state index is 13.4. The highest BCUT2D eigenvalue weighted by Gasteiger charge is 2.25. The van der Waals surface area contributed by atoms with E-state index in [2.05, 4.69) is 9.72 Å². The van der Waals surface area contributed by atoms with E-state index in [1.165, 1.54) is 53.7 Å². The van der Waals surface area contributed by atoms with E-state index in [-0.39, 0.29) is 28.3 Å². The van der Waals surface area contributed by atoms with Gasteiger partial charge in [-0.25, -0.2) is 4.79 Å². The Kier molecular flexibility index (Phi) is 6.48. The van der Waals surface area contributed by atoms with Crippen LogP contribution < -0.4 is 14.4 Å². The lowest BCUT2D eigenvalue weighted by Gasteiger charge is -2.24. The lowest BCUT2D eigenvalue weighted by molar-refractivity contribution is -0.0515. The molecule has 1 amide bonds. The van der Waals surface area contributed by atoms with Crippen molar-refractivity contribution < 1.29 is 33.0 Å². The van der Waals surface area contributed by atoms with Crippen molar-refractivity contribution in [2.24, 2.45) is 5.92 Å². The van der Waals surface area contributed by atoms with Gasteiger partial charge >= 0.3 is 12.6 Å². The number of aromatic carboxylic acids is 1. The number of rotatable bonds is 9. The molecule has 0 bridgehead atoms. The van der Waals surface area contributed by atoms with Crippen LogP contribution in [-0.4, -0.2) is 35.2 Å². The Morgan fingerprint density at radius 2 is 1.79 bits per heavy atom.